The van der Waals surface area contributed by atoms with Crippen LogP contribution >= 0.6 is 23.1 Å². The van der Waals surface area contributed by atoms with Gasteiger partial charge in [-0.1, -0.05) is 0 Å². The molecular formula is C17H16F3N3OS2. The standard InChI is InChI=1S/C17H16F3N3OS2/c1-8(24)22-15-14(10-4-5-21-7-13(10)26-15)16-23-11-6-9(17(18,19)20)2-3-12(11)25-16/h2-3,6,10,13,21H,4-5,7H2,1H3,(H,22,24). The van der Waals surface area contributed by atoms with E-state index in [9.17, 15) is 18.0 Å². The molecule has 2 unspecified atom stereocenters. The molecule has 1 saturated heterocycles. The molecule has 0 aliphatic carbocycles. The van der Waals surface area contributed by atoms with Crippen LogP contribution in [0.4, 0.5) is 13.2 Å². The molecule has 2 aliphatic rings. The van der Waals surface area contributed by atoms with Crippen molar-refractivity contribution < 1.29 is 18.0 Å². The maximum Gasteiger partial charge on any atom is 0.416 e. The Hall–Kier alpha value is -1.58. The van der Waals surface area contributed by atoms with Crippen molar-refractivity contribution in [2.24, 2.45) is 5.92 Å². The quantitative estimate of drug-likeness (QED) is 0.806. The van der Waals surface area contributed by atoms with Gasteiger partial charge in [-0.3, -0.25) is 4.79 Å². The van der Waals surface area contributed by atoms with Crippen molar-refractivity contribution in [2.75, 3.05) is 13.1 Å². The van der Waals surface area contributed by atoms with Crippen molar-refractivity contribution in [2.45, 2.75) is 24.8 Å². The fraction of sp³-hybridized carbons (Fsp3) is 0.412. The van der Waals surface area contributed by atoms with Crippen LogP contribution in [0.5, 0.6) is 0 Å². The fourth-order valence-corrected chi connectivity index (χ4v) is 6.04. The van der Waals surface area contributed by atoms with Crippen LogP contribution in [0.1, 0.15) is 23.9 Å². The summed E-state index contributed by atoms with van der Waals surface area (Å²) in [5, 5.41) is 8.03. The lowest BCUT2D eigenvalue weighted by Crippen LogP contribution is -2.37. The second-order valence-electron chi connectivity index (χ2n) is 6.38. The SMILES string of the molecule is CC(=O)NC1=C(c2nc3cc(C(F)(F)F)ccc3s2)C2CCNCC2S1. The molecule has 0 radical (unpaired) electrons. The summed E-state index contributed by atoms with van der Waals surface area (Å²) in [6.07, 6.45) is -3.47. The summed E-state index contributed by atoms with van der Waals surface area (Å²) in [6.45, 7) is 3.17. The number of fused-ring (bicyclic) bond motifs is 2. The molecule has 2 atom stereocenters. The molecule has 4 rings (SSSR count). The molecule has 1 aromatic carbocycles. The Morgan fingerprint density at radius 3 is 2.92 bits per heavy atom. The largest absolute Gasteiger partial charge is 0.416 e. The van der Waals surface area contributed by atoms with Crippen molar-refractivity contribution in [1.82, 2.24) is 15.6 Å². The number of carbonyl (C=O) groups excluding carboxylic acids is 1. The molecule has 0 bridgehead atoms. The number of piperidine rings is 1. The van der Waals surface area contributed by atoms with Gasteiger partial charge in [-0.2, -0.15) is 13.2 Å². The predicted octanol–water partition coefficient (Wildman–Crippen LogP) is 3.84. The number of halogens is 3. The van der Waals surface area contributed by atoms with Gasteiger partial charge in [0.25, 0.3) is 0 Å². The molecule has 138 valence electrons. The van der Waals surface area contributed by atoms with Gasteiger partial charge in [0, 0.05) is 30.2 Å². The first-order valence-corrected chi connectivity index (χ1v) is 9.90. The first kappa shape index (κ1) is 17.8. The first-order chi connectivity index (χ1) is 12.3. The number of carbonyl (C=O) groups is 1. The lowest BCUT2D eigenvalue weighted by molar-refractivity contribution is -0.137. The third-order valence-corrected chi connectivity index (χ3v) is 6.97. The van der Waals surface area contributed by atoms with E-state index in [1.807, 2.05) is 0 Å². The normalized spacial score (nSPS) is 23.4. The summed E-state index contributed by atoms with van der Waals surface area (Å²) >= 11 is 2.99. The Morgan fingerprint density at radius 2 is 2.19 bits per heavy atom. The Balaban J connectivity index is 1.79. The third kappa shape index (κ3) is 3.23. The summed E-state index contributed by atoms with van der Waals surface area (Å²) < 4.78 is 39.6. The third-order valence-electron chi connectivity index (χ3n) is 4.55. The Morgan fingerprint density at radius 1 is 1.38 bits per heavy atom. The average molecular weight is 399 g/mol. The number of rotatable bonds is 2. The summed E-state index contributed by atoms with van der Waals surface area (Å²) in [5.74, 6) is 0.0859. The van der Waals surface area contributed by atoms with Crippen LogP contribution in [0.15, 0.2) is 23.2 Å². The second kappa shape index (κ2) is 6.54. The highest BCUT2D eigenvalue weighted by Crippen LogP contribution is 2.49. The minimum absolute atomic E-state index is 0.155. The van der Waals surface area contributed by atoms with E-state index in [4.69, 9.17) is 0 Å². The molecule has 3 heterocycles. The lowest BCUT2D eigenvalue weighted by Gasteiger charge is -2.26. The van der Waals surface area contributed by atoms with Crippen LogP contribution in [0, 0.1) is 5.92 Å². The van der Waals surface area contributed by atoms with Gasteiger partial charge in [-0.25, -0.2) is 4.98 Å². The van der Waals surface area contributed by atoms with Gasteiger partial charge in [-0.15, -0.1) is 23.1 Å². The molecule has 2 aromatic rings. The zero-order chi connectivity index (χ0) is 18.5. The molecule has 0 saturated carbocycles. The number of thioether (sulfide) groups is 1. The number of hydrogen-bond acceptors (Lipinski definition) is 5. The maximum atomic E-state index is 13.0. The smallest absolute Gasteiger partial charge is 0.321 e. The van der Waals surface area contributed by atoms with Gasteiger partial charge in [0.2, 0.25) is 5.91 Å². The van der Waals surface area contributed by atoms with Crippen LogP contribution in [0.25, 0.3) is 15.8 Å². The zero-order valence-corrected chi connectivity index (χ0v) is 15.4. The van der Waals surface area contributed by atoms with Gasteiger partial charge in [-0.05, 0) is 31.2 Å². The summed E-state index contributed by atoms with van der Waals surface area (Å²) in [6, 6.07) is 3.65. The molecule has 1 aromatic heterocycles. The minimum Gasteiger partial charge on any atom is -0.321 e. The predicted molar refractivity (Wildman–Crippen MR) is 97.7 cm³/mol. The highest BCUT2D eigenvalue weighted by molar-refractivity contribution is 8.04. The molecule has 2 aliphatic heterocycles. The average Bonchev–Trinajstić information content (AvgIpc) is 3.12. The van der Waals surface area contributed by atoms with E-state index in [0.717, 1.165) is 42.2 Å². The molecule has 2 N–H and O–H groups in total. The van der Waals surface area contributed by atoms with Gasteiger partial charge >= 0.3 is 6.18 Å². The van der Waals surface area contributed by atoms with Gasteiger partial charge in [0.05, 0.1) is 20.8 Å². The first-order valence-electron chi connectivity index (χ1n) is 8.20. The second-order valence-corrected chi connectivity index (χ2v) is 8.66. The molecule has 0 spiro atoms. The zero-order valence-electron chi connectivity index (χ0n) is 13.8. The van der Waals surface area contributed by atoms with Crippen LogP contribution in [-0.4, -0.2) is 29.2 Å². The van der Waals surface area contributed by atoms with Gasteiger partial charge in [0.15, 0.2) is 0 Å². The molecule has 9 heteroatoms. The molecule has 4 nitrogen and oxygen atoms in total. The molecule has 1 fully saturated rings. The number of allylic oxidation sites excluding steroid dienone is 1. The van der Waals surface area contributed by atoms with E-state index in [-0.39, 0.29) is 11.8 Å². The number of amides is 1. The van der Waals surface area contributed by atoms with E-state index in [0.29, 0.717) is 20.5 Å². The molecule has 26 heavy (non-hydrogen) atoms. The van der Waals surface area contributed by atoms with Crippen molar-refractivity contribution >= 4 is 44.8 Å². The number of aromatic nitrogens is 1. The lowest BCUT2D eigenvalue weighted by atomic mass is 9.90. The van der Waals surface area contributed by atoms with Gasteiger partial charge < -0.3 is 10.6 Å². The van der Waals surface area contributed by atoms with E-state index in [2.05, 4.69) is 15.6 Å². The Kier molecular flexibility index (Phi) is 4.48. The summed E-state index contributed by atoms with van der Waals surface area (Å²) in [7, 11) is 0. The van der Waals surface area contributed by atoms with E-state index in [1.54, 1.807) is 11.8 Å². The van der Waals surface area contributed by atoms with E-state index < -0.39 is 11.7 Å². The van der Waals surface area contributed by atoms with Crippen molar-refractivity contribution in [3.63, 3.8) is 0 Å². The maximum absolute atomic E-state index is 13.0. The summed E-state index contributed by atoms with van der Waals surface area (Å²) in [5.41, 5.74) is 0.613. The molecule has 1 amide bonds. The molecular weight excluding hydrogens is 383 g/mol. The highest BCUT2D eigenvalue weighted by atomic mass is 32.2. The highest BCUT2D eigenvalue weighted by Gasteiger charge is 2.39. The van der Waals surface area contributed by atoms with Crippen LogP contribution in [0.2, 0.25) is 0 Å². The monoisotopic (exact) mass is 399 g/mol. The van der Waals surface area contributed by atoms with E-state index >= 15 is 0 Å². The van der Waals surface area contributed by atoms with Gasteiger partial charge in [0.1, 0.15) is 5.01 Å². The topological polar surface area (TPSA) is 54.0 Å². The van der Waals surface area contributed by atoms with Crippen LogP contribution < -0.4 is 10.6 Å². The van der Waals surface area contributed by atoms with Crippen molar-refractivity contribution in [3.8, 4) is 0 Å². The fourth-order valence-electron chi connectivity index (χ4n) is 3.40. The van der Waals surface area contributed by atoms with Crippen LogP contribution in [0.3, 0.4) is 0 Å². The minimum atomic E-state index is -4.39. The number of nitrogens with one attached hydrogen (secondary N) is 2. The van der Waals surface area contributed by atoms with Crippen molar-refractivity contribution in [1.29, 1.82) is 0 Å². The van der Waals surface area contributed by atoms with Crippen LogP contribution in [-0.2, 0) is 11.0 Å². The van der Waals surface area contributed by atoms with Crippen molar-refractivity contribution in [3.05, 3.63) is 33.8 Å². The number of hydrogen-bond donors (Lipinski definition) is 2. The number of nitrogens with zero attached hydrogens (tertiary/aromatic N) is 1. The Labute approximate surface area is 156 Å². The number of thiazole rings is 1. The summed E-state index contributed by atoms with van der Waals surface area (Å²) in [4.78, 5) is 16.1. The number of alkyl halides is 3. The number of benzene rings is 1. The van der Waals surface area contributed by atoms with E-state index in [1.165, 1.54) is 24.3 Å². The Bertz CT molecular complexity index is 906.